The number of hydrogen-bond acceptors (Lipinski definition) is 3. The molecule has 1 N–H and O–H groups in total. The van der Waals surface area contributed by atoms with Gasteiger partial charge >= 0.3 is 11.9 Å². The molecule has 0 saturated heterocycles. The topological polar surface area (TPSA) is 63.6 Å². The quantitative estimate of drug-likeness (QED) is 0.828. The number of carboxylic acid groups (broad SMARTS) is 1. The standard InChI is InChI=1S/C9H10O2.C8H8O2.C2H6/c1-7-3-5-8(6-4-7)9(10)11-2;1-6-2-4-7(5-3-6)8(9)10;1-2/h3-6H,1-2H3;2-5H,1H3,(H,9,10);1-2H3. The van der Waals surface area contributed by atoms with Gasteiger partial charge in [-0.2, -0.15) is 0 Å². The lowest BCUT2D eigenvalue weighted by molar-refractivity contribution is 0.0599. The van der Waals surface area contributed by atoms with E-state index in [0.717, 1.165) is 11.1 Å². The molecule has 4 heteroatoms. The van der Waals surface area contributed by atoms with E-state index in [1.807, 2.05) is 39.8 Å². The van der Waals surface area contributed by atoms with Crippen molar-refractivity contribution >= 4 is 11.9 Å². The molecule has 0 heterocycles. The second kappa shape index (κ2) is 11.0. The molecule has 0 atom stereocenters. The fourth-order valence-corrected chi connectivity index (χ4v) is 1.50. The van der Waals surface area contributed by atoms with Crippen LogP contribution in [0.25, 0.3) is 0 Å². The third-order valence-corrected chi connectivity index (χ3v) is 2.77. The molecular weight excluding hydrogens is 292 g/mol. The second-order valence-electron chi connectivity index (χ2n) is 4.53. The maximum atomic E-state index is 10.9. The summed E-state index contributed by atoms with van der Waals surface area (Å²) in [5.41, 5.74) is 3.14. The van der Waals surface area contributed by atoms with Crippen molar-refractivity contribution < 1.29 is 19.4 Å². The Bertz CT molecular complexity index is 598. The molecule has 2 rings (SSSR count). The number of esters is 1. The molecule has 0 aliphatic heterocycles. The summed E-state index contributed by atoms with van der Waals surface area (Å²) in [6, 6.07) is 14.0. The lowest BCUT2D eigenvalue weighted by Gasteiger charge is -1.97. The van der Waals surface area contributed by atoms with Gasteiger partial charge in [-0.1, -0.05) is 49.2 Å². The zero-order chi connectivity index (χ0) is 17.8. The van der Waals surface area contributed by atoms with Gasteiger partial charge in [-0.3, -0.25) is 0 Å². The molecule has 0 unspecified atom stereocenters. The van der Waals surface area contributed by atoms with Crippen LogP contribution in [0.15, 0.2) is 48.5 Å². The van der Waals surface area contributed by atoms with Gasteiger partial charge in [-0.05, 0) is 38.1 Å². The molecule has 0 saturated carbocycles. The largest absolute Gasteiger partial charge is 0.478 e. The van der Waals surface area contributed by atoms with E-state index in [9.17, 15) is 9.59 Å². The molecule has 23 heavy (non-hydrogen) atoms. The molecule has 0 aromatic heterocycles. The third kappa shape index (κ3) is 7.81. The minimum Gasteiger partial charge on any atom is -0.478 e. The first-order valence-electron chi connectivity index (χ1n) is 7.39. The van der Waals surface area contributed by atoms with E-state index in [2.05, 4.69) is 4.74 Å². The molecule has 124 valence electrons. The lowest BCUT2D eigenvalue weighted by atomic mass is 10.2. The van der Waals surface area contributed by atoms with Crippen LogP contribution in [0.3, 0.4) is 0 Å². The zero-order valence-corrected chi connectivity index (χ0v) is 14.3. The Kier molecular flexibility index (Phi) is 9.76. The molecule has 0 fully saturated rings. The van der Waals surface area contributed by atoms with Crippen molar-refractivity contribution in [3.63, 3.8) is 0 Å². The number of aryl methyl sites for hydroxylation is 2. The van der Waals surface area contributed by atoms with E-state index in [0.29, 0.717) is 11.1 Å². The normalized spacial score (nSPS) is 8.74. The van der Waals surface area contributed by atoms with Crippen LogP contribution in [0, 0.1) is 13.8 Å². The average molecular weight is 316 g/mol. The van der Waals surface area contributed by atoms with Gasteiger partial charge < -0.3 is 9.84 Å². The molecule has 0 bridgehead atoms. The number of rotatable bonds is 2. The van der Waals surface area contributed by atoms with Crippen LogP contribution in [0.4, 0.5) is 0 Å². The van der Waals surface area contributed by atoms with Gasteiger partial charge in [0, 0.05) is 0 Å². The number of ether oxygens (including phenoxy) is 1. The van der Waals surface area contributed by atoms with Crippen molar-refractivity contribution in [3.8, 4) is 0 Å². The monoisotopic (exact) mass is 316 g/mol. The number of aromatic carboxylic acids is 1. The van der Waals surface area contributed by atoms with Gasteiger partial charge in [0.05, 0.1) is 18.2 Å². The van der Waals surface area contributed by atoms with Crippen LogP contribution in [0.2, 0.25) is 0 Å². The summed E-state index contributed by atoms with van der Waals surface area (Å²) in [6.45, 7) is 7.90. The van der Waals surface area contributed by atoms with Gasteiger partial charge in [0.15, 0.2) is 0 Å². The minimum absolute atomic E-state index is 0.287. The van der Waals surface area contributed by atoms with Gasteiger partial charge in [0.25, 0.3) is 0 Å². The first kappa shape index (κ1) is 20.4. The molecule has 4 nitrogen and oxygen atoms in total. The molecule has 0 radical (unpaired) electrons. The van der Waals surface area contributed by atoms with Gasteiger partial charge in [-0.15, -0.1) is 0 Å². The molecule has 0 amide bonds. The van der Waals surface area contributed by atoms with Crippen LogP contribution < -0.4 is 0 Å². The first-order chi connectivity index (χ1) is 10.9. The smallest absolute Gasteiger partial charge is 0.337 e. The van der Waals surface area contributed by atoms with Gasteiger partial charge in [0.2, 0.25) is 0 Å². The highest BCUT2D eigenvalue weighted by atomic mass is 16.5. The maximum absolute atomic E-state index is 10.9. The number of carboxylic acids is 1. The fourth-order valence-electron chi connectivity index (χ4n) is 1.50. The molecule has 0 aliphatic carbocycles. The number of hydrogen-bond donors (Lipinski definition) is 1. The van der Waals surface area contributed by atoms with E-state index < -0.39 is 5.97 Å². The lowest BCUT2D eigenvalue weighted by Crippen LogP contribution is -2.00. The van der Waals surface area contributed by atoms with Crippen LogP contribution in [0.5, 0.6) is 0 Å². The summed E-state index contributed by atoms with van der Waals surface area (Å²) >= 11 is 0. The van der Waals surface area contributed by atoms with Gasteiger partial charge in [0.1, 0.15) is 0 Å². The molecule has 2 aromatic carbocycles. The fraction of sp³-hybridized carbons (Fsp3) is 0.263. The van der Waals surface area contributed by atoms with Crippen molar-refractivity contribution in [2.24, 2.45) is 0 Å². The second-order valence-corrected chi connectivity index (χ2v) is 4.53. The van der Waals surface area contributed by atoms with E-state index in [4.69, 9.17) is 5.11 Å². The molecule has 0 aliphatic rings. The highest BCUT2D eigenvalue weighted by Gasteiger charge is 2.02. The van der Waals surface area contributed by atoms with Crippen molar-refractivity contribution in [3.05, 3.63) is 70.8 Å². The van der Waals surface area contributed by atoms with E-state index in [1.165, 1.54) is 7.11 Å². The predicted molar refractivity (Wildman–Crippen MR) is 92.0 cm³/mol. The summed E-state index contributed by atoms with van der Waals surface area (Å²) in [7, 11) is 1.38. The Morgan fingerprint density at radius 2 is 1.13 bits per heavy atom. The summed E-state index contributed by atoms with van der Waals surface area (Å²) in [6.07, 6.45) is 0. The highest BCUT2D eigenvalue weighted by molar-refractivity contribution is 5.89. The summed E-state index contributed by atoms with van der Waals surface area (Å²) in [5, 5.41) is 8.48. The van der Waals surface area contributed by atoms with Crippen LogP contribution >= 0.6 is 0 Å². The molecule has 0 spiro atoms. The van der Waals surface area contributed by atoms with Crippen molar-refractivity contribution in [2.45, 2.75) is 27.7 Å². The van der Waals surface area contributed by atoms with Gasteiger partial charge in [-0.25, -0.2) is 9.59 Å². The zero-order valence-electron chi connectivity index (χ0n) is 14.3. The predicted octanol–water partition coefficient (Wildman–Crippen LogP) is 4.50. The first-order valence-corrected chi connectivity index (χ1v) is 7.39. The Morgan fingerprint density at radius 3 is 1.43 bits per heavy atom. The van der Waals surface area contributed by atoms with Crippen molar-refractivity contribution in [1.29, 1.82) is 0 Å². The van der Waals surface area contributed by atoms with Crippen LogP contribution in [0.1, 0.15) is 45.7 Å². The number of carbonyl (C=O) groups is 2. The Morgan fingerprint density at radius 1 is 0.783 bits per heavy atom. The highest BCUT2D eigenvalue weighted by Crippen LogP contribution is 2.03. The average Bonchev–Trinajstić information content (AvgIpc) is 2.57. The van der Waals surface area contributed by atoms with Crippen molar-refractivity contribution in [1.82, 2.24) is 0 Å². The summed E-state index contributed by atoms with van der Waals surface area (Å²) in [5.74, 6) is -1.16. The third-order valence-electron chi connectivity index (χ3n) is 2.77. The minimum atomic E-state index is -0.875. The van der Waals surface area contributed by atoms with E-state index >= 15 is 0 Å². The Hall–Kier alpha value is -2.62. The van der Waals surface area contributed by atoms with Crippen LogP contribution in [-0.2, 0) is 4.74 Å². The van der Waals surface area contributed by atoms with Crippen LogP contribution in [-0.4, -0.2) is 24.2 Å². The summed E-state index contributed by atoms with van der Waals surface area (Å²) < 4.78 is 4.54. The number of methoxy groups -OCH3 is 1. The Labute approximate surface area is 137 Å². The SMILES string of the molecule is CC.COC(=O)c1ccc(C)cc1.Cc1ccc(C(=O)O)cc1. The van der Waals surface area contributed by atoms with Crippen molar-refractivity contribution in [2.75, 3.05) is 7.11 Å². The molecule has 2 aromatic rings. The number of benzene rings is 2. The Balaban J connectivity index is 0.000000381. The maximum Gasteiger partial charge on any atom is 0.337 e. The molecular formula is C19H24O4. The van der Waals surface area contributed by atoms with E-state index in [-0.39, 0.29) is 5.97 Å². The number of carbonyl (C=O) groups excluding carboxylic acids is 1. The summed E-state index contributed by atoms with van der Waals surface area (Å²) in [4.78, 5) is 21.2. The van der Waals surface area contributed by atoms with E-state index in [1.54, 1.807) is 36.4 Å².